The highest BCUT2D eigenvalue weighted by Crippen LogP contribution is 2.04. The minimum atomic E-state index is -1.81. The predicted molar refractivity (Wildman–Crippen MR) is 104 cm³/mol. The molecular weight excluding hydrogens is 298 g/mol. The third-order valence-electron chi connectivity index (χ3n) is 4.06. The van der Waals surface area contributed by atoms with Gasteiger partial charge in [0.15, 0.2) is 0 Å². The fraction of sp³-hybridized carbons (Fsp3) is 0.600. The van der Waals surface area contributed by atoms with E-state index >= 15 is 0 Å². The van der Waals surface area contributed by atoms with E-state index in [0.717, 1.165) is 19.6 Å². The molecule has 0 N–H and O–H groups in total. The molecule has 0 unspecified atom stereocenters. The molecule has 0 atom stereocenters. The molecule has 1 rings (SSSR count). The van der Waals surface area contributed by atoms with Crippen molar-refractivity contribution in [2.24, 2.45) is 0 Å². The molecule has 0 aliphatic rings. The molecule has 0 radical (unpaired) electrons. The fourth-order valence-corrected chi connectivity index (χ4v) is 3.99. The molecule has 0 saturated heterocycles. The Bertz CT molecular complexity index is 467. The third-order valence-corrected chi connectivity index (χ3v) is 6.65. The van der Waals surface area contributed by atoms with Crippen LogP contribution in [0.3, 0.4) is 0 Å². The SMILES string of the molecule is CCCCN(CC#CCO[Si](C)(C)c1ccccc1)CCCC. The first-order valence-corrected chi connectivity index (χ1v) is 11.9. The maximum absolute atomic E-state index is 6.11. The van der Waals surface area contributed by atoms with Crippen LogP contribution in [0.4, 0.5) is 0 Å². The van der Waals surface area contributed by atoms with Crippen LogP contribution in [0.5, 0.6) is 0 Å². The van der Waals surface area contributed by atoms with Crippen molar-refractivity contribution in [1.82, 2.24) is 4.90 Å². The second-order valence-electron chi connectivity index (χ2n) is 6.50. The standard InChI is InChI=1S/C20H33NOSi/c1-5-7-16-21(17-8-6-2)18-12-13-19-22-23(3,4)20-14-10-9-11-15-20/h9-11,14-15H,5-8,16-19H2,1-4H3. The van der Waals surface area contributed by atoms with Gasteiger partial charge in [-0.2, -0.15) is 0 Å². The van der Waals surface area contributed by atoms with E-state index in [-0.39, 0.29) is 0 Å². The average Bonchev–Trinajstić information content (AvgIpc) is 2.57. The Morgan fingerprint density at radius 1 is 0.957 bits per heavy atom. The summed E-state index contributed by atoms with van der Waals surface area (Å²) in [6, 6.07) is 10.5. The van der Waals surface area contributed by atoms with Crippen LogP contribution in [-0.4, -0.2) is 39.5 Å². The normalized spacial score (nSPS) is 11.3. The number of nitrogens with zero attached hydrogens (tertiary/aromatic N) is 1. The Kier molecular flexibility index (Phi) is 9.94. The van der Waals surface area contributed by atoms with Crippen molar-refractivity contribution < 1.29 is 4.43 Å². The van der Waals surface area contributed by atoms with Gasteiger partial charge in [-0.05, 0) is 44.2 Å². The summed E-state index contributed by atoms with van der Waals surface area (Å²) >= 11 is 0. The second kappa shape index (κ2) is 11.5. The molecule has 0 spiro atoms. The van der Waals surface area contributed by atoms with Gasteiger partial charge in [-0.15, -0.1) is 0 Å². The van der Waals surface area contributed by atoms with Gasteiger partial charge in [0.2, 0.25) is 8.32 Å². The van der Waals surface area contributed by atoms with Gasteiger partial charge < -0.3 is 4.43 Å². The second-order valence-corrected chi connectivity index (χ2v) is 10.4. The molecule has 0 aromatic heterocycles. The summed E-state index contributed by atoms with van der Waals surface area (Å²) in [5, 5.41) is 1.33. The maximum atomic E-state index is 6.11. The van der Waals surface area contributed by atoms with Gasteiger partial charge in [0.05, 0.1) is 13.2 Å². The third kappa shape index (κ3) is 8.36. The number of rotatable bonds is 10. The minimum Gasteiger partial charge on any atom is -0.402 e. The summed E-state index contributed by atoms with van der Waals surface area (Å²) in [5.41, 5.74) is 0. The quantitative estimate of drug-likeness (QED) is 0.474. The molecule has 0 saturated carbocycles. The van der Waals surface area contributed by atoms with E-state index in [9.17, 15) is 0 Å². The lowest BCUT2D eigenvalue weighted by Crippen LogP contribution is -2.44. The van der Waals surface area contributed by atoms with Gasteiger partial charge in [-0.1, -0.05) is 68.9 Å². The van der Waals surface area contributed by atoms with E-state index < -0.39 is 8.32 Å². The molecule has 128 valence electrons. The van der Waals surface area contributed by atoms with Crippen LogP contribution in [0.15, 0.2) is 30.3 Å². The largest absolute Gasteiger partial charge is 0.402 e. The fourth-order valence-electron chi connectivity index (χ4n) is 2.39. The van der Waals surface area contributed by atoms with E-state index in [4.69, 9.17) is 4.43 Å². The number of hydrogen-bond donors (Lipinski definition) is 0. The molecule has 0 aliphatic carbocycles. The van der Waals surface area contributed by atoms with Gasteiger partial charge in [0, 0.05) is 0 Å². The van der Waals surface area contributed by atoms with Crippen molar-refractivity contribution in [3.8, 4) is 11.8 Å². The molecule has 0 fully saturated rings. The van der Waals surface area contributed by atoms with Crippen LogP contribution in [0.25, 0.3) is 0 Å². The van der Waals surface area contributed by atoms with Crippen LogP contribution in [0, 0.1) is 11.8 Å². The van der Waals surface area contributed by atoms with Gasteiger partial charge in [0.1, 0.15) is 0 Å². The first-order chi connectivity index (χ1) is 11.1. The zero-order chi connectivity index (χ0) is 17.0. The highest BCUT2D eigenvalue weighted by molar-refractivity contribution is 6.84. The van der Waals surface area contributed by atoms with E-state index in [2.05, 4.69) is 74.0 Å². The Balaban J connectivity index is 2.40. The average molecular weight is 332 g/mol. The Morgan fingerprint density at radius 3 is 2.13 bits per heavy atom. The smallest absolute Gasteiger partial charge is 0.219 e. The van der Waals surface area contributed by atoms with Crippen LogP contribution < -0.4 is 5.19 Å². The predicted octanol–water partition coefficient (Wildman–Crippen LogP) is 4.02. The lowest BCUT2D eigenvalue weighted by Gasteiger charge is -2.22. The van der Waals surface area contributed by atoms with Gasteiger partial charge >= 0.3 is 0 Å². The zero-order valence-corrected chi connectivity index (χ0v) is 16.4. The number of unbranched alkanes of at least 4 members (excludes halogenated alkanes) is 2. The Labute approximate surface area is 144 Å². The molecule has 0 bridgehead atoms. The van der Waals surface area contributed by atoms with Crippen molar-refractivity contribution in [2.75, 3.05) is 26.2 Å². The van der Waals surface area contributed by atoms with E-state index in [1.165, 1.54) is 30.9 Å². The Morgan fingerprint density at radius 2 is 1.57 bits per heavy atom. The number of benzene rings is 1. The molecule has 2 nitrogen and oxygen atoms in total. The van der Waals surface area contributed by atoms with E-state index in [1.54, 1.807) is 0 Å². The molecule has 0 heterocycles. The molecule has 1 aromatic rings. The van der Waals surface area contributed by atoms with E-state index in [0.29, 0.717) is 6.61 Å². The highest BCUT2D eigenvalue weighted by atomic mass is 28.4. The van der Waals surface area contributed by atoms with E-state index in [1.807, 2.05) is 0 Å². The first kappa shape index (κ1) is 20.0. The van der Waals surface area contributed by atoms with Crippen molar-refractivity contribution in [3.05, 3.63) is 30.3 Å². The van der Waals surface area contributed by atoms with Crippen molar-refractivity contribution in [1.29, 1.82) is 0 Å². The summed E-state index contributed by atoms with van der Waals surface area (Å²) in [4.78, 5) is 2.47. The van der Waals surface area contributed by atoms with Gasteiger partial charge in [0.25, 0.3) is 0 Å². The van der Waals surface area contributed by atoms with Crippen LogP contribution >= 0.6 is 0 Å². The molecular formula is C20H33NOSi. The van der Waals surface area contributed by atoms with Crippen LogP contribution in [0.2, 0.25) is 13.1 Å². The minimum absolute atomic E-state index is 0.545. The zero-order valence-electron chi connectivity index (χ0n) is 15.4. The lowest BCUT2D eigenvalue weighted by atomic mass is 10.2. The summed E-state index contributed by atoms with van der Waals surface area (Å²) in [6.07, 6.45) is 5.01. The van der Waals surface area contributed by atoms with Crippen molar-refractivity contribution in [2.45, 2.75) is 52.6 Å². The molecule has 1 aromatic carbocycles. The molecule has 3 heteroatoms. The lowest BCUT2D eigenvalue weighted by molar-refractivity contribution is 0.296. The molecule has 0 amide bonds. The first-order valence-electron chi connectivity index (χ1n) is 8.97. The van der Waals surface area contributed by atoms with Crippen molar-refractivity contribution >= 4 is 13.5 Å². The highest BCUT2D eigenvalue weighted by Gasteiger charge is 2.24. The van der Waals surface area contributed by atoms with Crippen molar-refractivity contribution in [3.63, 3.8) is 0 Å². The van der Waals surface area contributed by atoms with Gasteiger partial charge in [-0.3, -0.25) is 4.90 Å². The van der Waals surface area contributed by atoms with Crippen LogP contribution in [0.1, 0.15) is 39.5 Å². The van der Waals surface area contributed by atoms with Gasteiger partial charge in [-0.25, -0.2) is 0 Å². The molecule has 0 aliphatic heterocycles. The summed E-state index contributed by atoms with van der Waals surface area (Å²) < 4.78 is 6.11. The number of hydrogen-bond acceptors (Lipinski definition) is 2. The molecule has 23 heavy (non-hydrogen) atoms. The maximum Gasteiger partial charge on any atom is 0.219 e. The Hall–Kier alpha value is -1.08. The van der Waals surface area contributed by atoms with Crippen LogP contribution in [-0.2, 0) is 4.43 Å². The summed E-state index contributed by atoms with van der Waals surface area (Å²) in [6.45, 7) is 12.7. The summed E-state index contributed by atoms with van der Waals surface area (Å²) in [7, 11) is -1.81. The summed E-state index contributed by atoms with van der Waals surface area (Å²) in [5.74, 6) is 6.52. The monoisotopic (exact) mass is 331 g/mol. The topological polar surface area (TPSA) is 12.5 Å².